The van der Waals surface area contributed by atoms with Gasteiger partial charge in [0.25, 0.3) is 0 Å². The van der Waals surface area contributed by atoms with Gasteiger partial charge in [-0.1, -0.05) is 24.3 Å². The summed E-state index contributed by atoms with van der Waals surface area (Å²) in [6.07, 6.45) is 2.32. The molecule has 0 saturated carbocycles. The van der Waals surface area contributed by atoms with E-state index in [1.54, 1.807) is 6.20 Å². The average molecular weight is 240 g/mol. The molecule has 0 aliphatic carbocycles. The van der Waals surface area contributed by atoms with Crippen molar-refractivity contribution in [2.24, 2.45) is 0 Å². The Bertz CT molecular complexity index is 591. The van der Waals surface area contributed by atoms with Crippen molar-refractivity contribution >= 4 is 5.78 Å². The van der Waals surface area contributed by atoms with Crippen LogP contribution >= 0.6 is 0 Å². The topological polar surface area (TPSA) is 42.9 Å². The normalized spacial score (nSPS) is 10.4. The number of aromatic nitrogens is 2. The summed E-state index contributed by atoms with van der Waals surface area (Å²) in [6.45, 7) is 5.46. The molecule has 0 saturated heterocycles. The van der Waals surface area contributed by atoms with Crippen LogP contribution in [0.25, 0.3) is 0 Å². The van der Waals surface area contributed by atoms with E-state index >= 15 is 0 Å². The zero-order chi connectivity index (χ0) is 13.1. The quantitative estimate of drug-likeness (QED) is 0.775. The standard InChI is InChI=1S/C15H16N2O/c1-10-6-4-5-7-13(10)8-15-16-9-14(12(3)18)11(2)17-15/h4-7,9H,8H2,1-3H3. The van der Waals surface area contributed by atoms with E-state index in [-0.39, 0.29) is 5.78 Å². The van der Waals surface area contributed by atoms with Crippen molar-refractivity contribution in [2.75, 3.05) is 0 Å². The minimum atomic E-state index is 0.00921. The molecule has 0 spiro atoms. The minimum Gasteiger partial charge on any atom is -0.294 e. The number of rotatable bonds is 3. The molecule has 0 aliphatic heterocycles. The molecule has 0 N–H and O–H groups in total. The lowest BCUT2D eigenvalue weighted by atomic mass is 10.1. The monoisotopic (exact) mass is 240 g/mol. The average Bonchev–Trinajstić information content (AvgIpc) is 2.32. The Morgan fingerprint density at radius 3 is 2.56 bits per heavy atom. The highest BCUT2D eigenvalue weighted by molar-refractivity contribution is 5.94. The summed E-state index contributed by atoms with van der Waals surface area (Å²) in [4.78, 5) is 20.0. The Morgan fingerprint density at radius 2 is 1.94 bits per heavy atom. The zero-order valence-corrected chi connectivity index (χ0v) is 10.9. The number of ketones is 1. The van der Waals surface area contributed by atoms with Gasteiger partial charge >= 0.3 is 0 Å². The van der Waals surface area contributed by atoms with E-state index in [0.29, 0.717) is 12.0 Å². The number of benzene rings is 1. The van der Waals surface area contributed by atoms with Crippen LogP contribution in [0.5, 0.6) is 0 Å². The van der Waals surface area contributed by atoms with Gasteiger partial charge in [0.2, 0.25) is 0 Å². The fourth-order valence-corrected chi connectivity index (χ4v) is 1.92. The summed E-state index contributed by atoms with van der Waals surface area (Å²) in [5, 5.41) is 0. The zero-order valence-electron chi connectivity index (χ0n) is 10.9. The lowest BCUT2D eigenvalue weighted by Crippen LogP contribution is -2.05. The van der Waals surface area contributed by atoms with E-state index in [0.717, 1.165) is 11.5 Å². The number of hydrogen-bond acceptors (Lipinski definition) is 3. The molecule has 0 aliphatic rings. The van der Waals surface area contributed by atoms with Crippen molar-refractivity contribution in [3.8, 4) is 0 Å². The highest BCUT2D eigenvalue weighted by atomic mass is 16.1. The summed E-state index contributed by atoms with van der Waals surface area (Å²) < 4.78 is 0. The third-order valence-corrected chi connectivity index (χ3v) is 3.02. The second-order valence-corrected chi connectivity index (χ2v) is 4.44. The molecule has 1 aromatic carbocycles. The smallest absolute Gasteiger partial charge is 0.163 e. The largest absolute Gasteiger partial charge is 0.294 e. The van der Waals surface area contributed by atoms with Crippen molar-refractivity contribution in [1.29, 1.82) is 0 Å². The Balaban J connectivity index is 2.29. The van der Waals surface area contributed by atoms with Crippen LogP contribution in [0.2, 0.25) is 0 Å². The molecule has 0 unspecified atom stereocenters. The summed E-state index contributed by atoms with van der Waals surface area (Å²) in [5.41, 5.74) is 3.80. The second kappa shape index (κ2) is 5.08. The maximum Gasteiger partial charge on any atom is 0.163 e. The highest BCUT2D eigenvalue weighted by Crippen LogP contribution is 2.12. The van der Waals surface area contributed by atoms with Gasteiger partial charge in [-0.15, -0.1) is 0 Å². The van der Waals surface area contributed by atoms with Gasteiger partial charge in [0.15, 0.2) is 5.78 Å². The van der Waals surface area contributed by atoms with Crippen LogP contribution in [-0.2, 0) is 6.42 Å². The molecule has 0 fully saturated rings. The maximum atomic E-state index is 11.3. The van der Waals surface area contributed by atoms with Gasteiger partial charge in [0.05, 0.1) is 11.3 Å². The van der Waals surface area contributed by atoms with Crippen LogP contribution in [0.4, 0.5) is 0 Å². The number of carbonyl (C=O) groups excluding carboxylic acids is 1. The van der Waals surface area contributed by atoms with E-state index in [9.17, 15) is 4.79 Å². The predicted molar refractivity (Wildman–Crippen MR) is 70.8 cm³/mol. The molecule has 92 valence electrons. The molecule has 18 heavy (non-hydrogen) atoms. The second-order valence-electron chi connectivity index (χ2n) is 4.44. The van der Waals surface area contributed by atoms with Gasteiger partial charge in [-0.05, 0) is 31.9 Å². The first-order valence-electron chi connectivity index (χ1n) is 5.96. The first kappa shape index (κ1) is 12.4. The van der Waals surface area contributed by atoms with Gasteiger partial charge in [-0.3, -0.25) is 4.79 Å². The van der Waals surface area contributed by atoms with Crippen LogP contribution in [0.3, 0.4) is 0 Å². The first-order chi connectivity index (χ1) is 8.58. The van der Waals surface area contributed by atoms with Crippen molar-refractivity contribution in [3.05, 3.63) is 58.7 Å². The van der Waals surface area contributed by atoms with Crippen LogP contribution in [-0.4, -0.2) is 15.8 Å². The van der Waals surface area contributed by atoms with E-state index < -0.39 is 0 Å². The Morgan fingerprint density at radius 1 is 1.22 bits per heavy atom. The fraction of sp³-hybridized carbons (Fsp3) is 0.267. The van der Waals surface area contributed by atoms with Crippen molar-refractivity contribution < 1.29 is 4.79 Å². The van der Waals surface area contributed by atoms with Gasteiger partial charge in [-0.25, -0.2) is 9.97 Å². The molecule has 1 aromatic heterocycles. The van der Waals surface area contributed by atoms with Crippen molar-refractivity contribution in [2.45, 2.75) is 27.2 Å². The number of hydrogen-bond donors (Lipinski definition) is 0. The van der Waals surface area contributed by atoms with E-state index in [1.165, 1.54) is 18.1 Å². The van der Waals surface area contributed by atoms with Gasteiger partial charge < -0.3 is 0 Å². The van der Waals surface area contributed by atoms with Crippen LogP contribution in [0.1, 0.15) is 39.9 Å². The molecule has 3 heteroatoms. The molecule has 2 aromatic rings. The number of aryl methyl sites for hydroxylation is 2. The molecule has 0 radical (unpaired) electrons. The molecular weight excluding hydrogens is 224 g/mol. The van der Waals surface area contributed by atoms with Crippen LogP contribution in [0, 0.1) is 13.8 Å². The van der Waals surface area contributed by atoms with E-state index in [1.807, 2.05) is 19.1 Å². The van der Waals surface area contributed by atoms with Crippen LogP contribution < -0.4 is 0 Å². The SMILES string of the molecule is CC(=O)c1cnc(Cc2ccccc2C)nc1C. The molecule has 1 heterocycles. The van der Waals surface area contributed by atoms with Gasteiger partial charge in [0.1, 0.15) is 5.82 Å². The fourth-order valence-electron chi connectivity index (χ4n) is 1.92. The van der Waals surface area contributed by atoms with Crippen molar-refractivity contribution in [3.63, 3.8) is 0 Å². The van der Waals surface area contributed by atoms with E-state index in [2.05, 4.69) is 29.0 Å². The lowest BCUT2D eigenvalue weighted by molar-refractivity contribution is 0.101. The Hall–Kier alpha value is -2.03. The Labute approximate surface area is 107 Å². The molecule has 2 rings (SSSR count). The Kier molecular flexibility index (Phi) is 3.51. The summed E-state index contributed by atoms with van der Waals surface area (Å²) in [7, 11) is 0. The number of Topliss-reactive ketones (excluding diaryl/α,β-unsaturated/α-hetero) is 1. The first-order valence-corrected chi connectivity index (χ1v) is 5.96. The summed E-state index contributed by atoms with van der Waals surface area (Å²) in [6, 6.07) is 8.18. The lowest BCUT2D eigenvalue weighted by Gasteiger charge is -2.06. The number of carbonyl (C=O) groups is 1. The van der Waals surface area contributed by atoms with Gasteiger partial charge in [0, 0.05) is 12.6 Å². The minimum absolute atomic E-state index is 0.00921. The summed E-state index contributed by atoms with van der Waals surface area (Å²) in [5.74, 6) is 0.766. The molecule has 0 bridgehead atoms. The maximum absolute atomic E-state index is 11.3. The molecule has 3 nitrogen and oxygen atoms in total. The molecular formula is C15H16N2O. The third kappa shape index (κ3) is 2.62. The number of nitrogens with zero attached hydrogens (tertiary/aromatic N) is 2. The molecule has 0 amide bonds. The van der Waals surface area contributed by atoms with E-state index in [4.69, 9.17) is 0 Å². The van der Waals surface area contributed by atoms with Gasteiger partial charge in [-0.2, -0.15) is 0 Å². The summed E-state index contributed by atoms with van der Waals surface area (Å²) >= 11 is 0. The highest BCUT2D eigenvalue weighted by Gasteiger charge is 2.08. The third-order valence-electron chi connectivity index (χ3n) is 3.02. The predicted octanol–water partition coefficient (Wildman–Crippen LogP) is 2.89. The van der Waals surface area contributed by atoms with Crippen molar-refractivity contribution in [1.82, 2.24) is 9.97 Å². The molecule has 0 atom stereocenters. The van der Waals surface area contributed by atoms with Crippen LogP contribution in [0.15, 0.2) is 30.5 Å².